The van der Waals surface area contributed by atoms with E-state index in [4.69, 9.17) is 0 Å². The van der Waals surface area contributed by atoms with Gasteiger partial charge in [-0.15, -0.1) is 0 Å². The Balaban J connectivity index is 2.20. The van der Waals surface area contributed by atoms with Crippen LogP contribution in [-0.2, 0) is 13.1 Å². The van der Waals surface area contributed by atoms with Gasteiger partial charge >= 0.3 is 0 Å². The molecule has 0 fully saturated rings. The van der Waals surface area contributed by atoms with Crippen molar-refractivity contribution in [3.8, 4) is 0 Å². The van der Waals surface area contributed by atoms with Crippen molar-refractivity contribution in [1.82, 2.24) is 14.9 Å². The summed E-state index contributed by atoms with van der Waals surface area (Å²) in [6.45, 7) is 9.13. The van der Waals surface area contributed by atoms with Gasteiger partial charge < -0.3 is 9.88 Å². The molecule has 96 valence electrons. The minimum absolute atomic E-state index is 0.897. The highest BCUT2D eigenvalue weighted by atomic mass is 15.0. The van der Waals surface area contributed by atoms with Crippen molar-refractivity contribution in [1.29, 1.82) is 0 Å². The molecule has 0 aliphatic rings. The summed E-state index contributed by atoms with van der Waals surface area (Å²) in [6, 6.07) is 8.59. The van der Waals surface area contributed by atoms with Crippen LogP contribution in [0.1, 0.15) is 29.4 Å². The van der Waals surface area contributed by atoms with Gasteiger partial charge in [-0.3, -0.25) is 0 Å². The second kappa shape index (κ2) is 5.83. The van der Waals surface area contributed by atoms with E-state index in [-0.39, 0.29) is 0 Å². The molecule has 1 heterocycles. The number of aromatic nitrogens is 2. The van der Waals surface area contributed by atoms with E-state index in [9.17, 15) is 0 Å². The minimum Gasteiger partial charge on any atom is -0.330 e. The second-order valence-corrected chi connectivity index (χ2v) is 4.59. The summed E-state index contributed by atoms with van der Waals surface area (Å²) in [6.07, 6.45) is 1.93. The lowest BCUT2D eigenvalue weighted by Crippen LogP contribution is -2.14. The number of nitrogens with zero attached hydrogens (tertiary/aromatic N) is 2. The predicted octanol–water partition coefficient (Wildman–Crippen LogP) is 2.66. The Morgan fingerprint density at radius 1 is 1.17 bits per heavy atom. The highest BCUT2D eigenvalue weighted by Crippen LogP contribution is 2.13. The van der Waals surface area contributed by atoms with Crippen LogP contribution in [0.2, 0.25) is 0 Å². The molecule has 0 amide bonds. The third kappa shape index (κ3) is 2.79. The van der Waals surface area contributed by atoms with E-state index in [0.717, 1.165) is 25.3 Å². The number of hydrogen-bond acceptors (Lipinski definition) is 2. The first-order valence-corrected chi connectivity index (χ1v) is 6.48. The van der Waals surface area contributed by atoms with E-state index in [1.165, 1.54) is 16.8 Å². The van der Waals surface area contributed by atoms with Gasteiger partial charge in [0.25, 0.3) is 0 Å². The van der Waals surface area contributed by atoms with Crippen molar-refractivity contribution in [3.63, 3.8) is 0 Å². The van der Waals surface area contributed by atoms with Crippen LogP contribution in [-0.4, -0.2) is 16.1 Å². The van der Waals surface area contributed by atoms with E-state index >= 15 is 0 Å². The maximum absolute atomic E-state index is 4.35. The molecule has 3 heteroatoms. The summed E-state index contributed by atoms with van der Waals surface area (Å²) in [5, 5.41) is 3.39. The van der Waals surface area contributed by atoms with E-state index < -0.39 is 0 Å². The molecule has 18 heavy (non-hydrogen) atoms. The van der Waals surface area contributed by atoms with Crippen LogP contribution < -0.4 is 5.32 Å². The van der Waals surface area contributed by atoms with E-state index in [1.54, 1.807) is 0 Å². The number of imidazole rings is 1. The number of benzene rings is 1. The molecule has 0 saturated heterocycles. The Morgan fingerprint density at radius 3 is 2.50 bits per heavy atom. The van der Waals surface area contributed by atoms with Crippen LogP contribution in [0.25, 0.3) is 0 Å². The highest BCUT2D eigenvalue weighted by molar-refractivity contribution is 5.28. The predicted molar refractivity (Wildman–Crippen MR) is 74.6 cm³/mol. The van der Waals surface area contributed by atoms with E-state index in [1.807, 2.05) is 6.33 Å². The molecule has 3 nitrogen and oxygen atoms in total. The van der Waals surface area contributed by atoms with Crippen molar-refractivity contribution in [2.24, 2.45) is 0 Å². The largest absolute Gasteiger partial charge is 0.330 e. The molecule has 1 aromatic heterocycles. The average Bonchev–Trinajstić information content (AvgIpc) is 2.70. The molecular weight excluding hydrogens is 222 g/mol. The van der Waals surface area contributed by atoms with Crippen molar-refractivity contribution in [2.45, 2.75) is 33.9 Å². The molecule has 0 aliphatic carbocycles. The average molecular weight is 243 g/mol. The fourth-order valence-corrected chi connectivity index (χ4v) is 2.03. The van der Waals surface area contributed by atoms with Gasteiger partial charge in [0, 0.05) is 18.8 Å². The molecule has 0 unspecified atom stereocenters. The molecule has 2 rings (SSSR count). The second-order valence-electron chi connectivity index (χ2n) is 4.59. The monoisotopic (exact) mass is 243 g/mol. The van der Waals surface area contributed by atoms with Crippen LogP contribution in [0.4, 0.5) is 0 Å². The van der Waals surface area contributed by atoms with Crippen LogP contribution in [0.15, 0.2) is 30.6 Å². The normalized spacial score (nSPS) is 10.8. The quantitative estimate of drug-likeness (QED) is 0.875. The number of aryl methyl sites for hydroxylation is 1. The molecule has 1 N–H and O–H groups in total. The highest BCUT2D eigenvalue weighted by Gasteiger charge is 2.05. The molecule has 0 atom stereocenters. The maximum atomic E-state index is 4.35. The first-order chi connectivity index (χ1) is 8.72. The van der Waals surface area contributed by atoms with Gasteiger partial charge in [-0.25, -0.2) is 4.98 Å². The number of rotatable bonds is 5. The van der Waals surface area contributed by atoms with Gasteiger partial charge in [-0.2, -0.15) is 0 Å². The Labute approximate surface area is 109 Å². The molecular formula is C15H21N3. The third-order valence-electron chi connectivity index (χ3n) is 3.37. The lowest BCUT2D eigenvalue weighted by molar-refractivity contribution is 0.703. The summed E-state index contributed by atoms with van der Waals surface area (Å²) < 4.78 is 2.21. The van der Waals surface area contributed by atoms with E-state index in [2.05, 4.69) is 59.9 Å². The zero-order valence-electron chi connectivity index (χ0n) is 11.4. The first-order valence-electron chi connectivity index (χ1n) is 6.48. The van der Waals surface area contributed by atoms with Crippen LogP contribution in [0.3, 0.4) is 0 Å². The van der Waals surface area contributed by atoms with Gasteiger partial charge in [0.2, 0.25) is 0 Å². The Kier molecular flexibility index (Phi) is 4.15. The summed E-state index contributed by atoms with van der Waals surface area (Å²) in [5.41, 5.74) is 5.08. The molecule has 0 bridgehead atoms. The molecule has 0 aliphatic heterocycles. The molecule has 0 spiro atoms. The Morgan fingerprint density at radius 2 is 1.89 bits per heavy atom. The lowest BCUT2D eigenvalue weighted by atomic mass is 10.1. The molecule has 1 aromatic carbocycles. The van der Waals surface area contributed by atoms with Crippen molar-refractivity contribution in [2.75, 3.05) is 6.54 Å². The number of nitrogens with one attached hydrogen (secondary N) is 1. The summed E-state index contributed by atoms with van der Waals surface area (Å²) in [5.74, 6) is 0. The summed E-state index contributed by atoms with van der Waals surface area (Å²) in [7, 11) is 0. The lowest BCUT2D eigenvalue weighted by Gasteiger charge is -2.11. The topological polar surface area (TPSA) is 29.9 Å². The van der Waals surface area contributed by atoms with E-state index in [0.29, 0.717) is 0 Å². The molecule has 2 aromatic rings. The SMILES string of the molecule is CCNCc1ccccc1Cn1cnc(C)c1C. The van der Waals surface area contributed by atoms with Crippen molar-refractivity contribution >= 4 is 0 Å². The third-order valence-corrected chi connectivity index (χ3v) is 3.37. The van der Waals surface area contributed by atoms with Crippen molar-refractivity contribution < 1.29 is 0 Å². The van der Waals surface area contributed by atoms with Gasteiger partial charge in [-0.05, 0) is 31.5 Å². The fourth-order valence-electron chi connectivity index (χ4n) is 2.03. The zero-order chi connectivity index (χ0) is 13.0. The first kappa shape index (κ1) is 12.8. The zero-order valence-corrected chi connectivity index (χ0v) is 11.4. The van der Waals surface area contributed by atoms with Gasteiger partial charge in [0.15, 0.2) is 0 Å². The van der Waals surface area contributed by atoms with Crippen LogP contribution in [0, 0.1) is 13.8 Å². The smallest absolute Gasteiger partial charge is 0.0954 e. The standard InChI is InChI=1S/C15H21N3/c1-4-16-9-14-7-5-6-8-15(14)10-18-11-17-12(2)13(18)3/h5-8,11,16H,4,9-10H2,1-3H3. The summed E-state index contributed by atoms with van der Waals surface area (Å²) in [4.78, 5) is 4.35. The Hall–Kier alpha value is -1.61. The van der Waals surface area contributed by atoms with Gasteiger partial charge in [0.05, 0.1) is 12.0 Å². The van der Waals surface area contributed by atoms with Crippen molar-refractivity contribution in [3.05, 3.63) is 53.1 Å². The summed E-state index contributed by atoms with van der Waals surface area (Å²) >= 11 is 0. The molecule has 0 saturated carbocycles. The van der Waals surface area contributed by atoms with Crippen LogP contribution >= 0.6 is 0 Å². The maximum Gasteiger partial charge on any atom is 0.0954 e. The minimum atomic E-state index is 0.897. The Bertz CT molecular complexity index is 514. The number of hydrogen-bond donors (Lipinski definition) is 1. The van der Waals surface area contributed by atoms with Gasteiger partial charge in [-0.1, -0.05) is 31.2 Å². The fraction of sp³-hybridized carbons (Fsp3) is 0.400. The van der Waals surface area contributed by atoms with Gasteiger partial charge in [0.1, 0.15) is 0 Å². The van der Waals surface area contributed by atoms with Crippen LogP contribution in [0.5, 0.6) is 0 Å². The molecule has 0 radical (unpaired) electrons.